The van der Waals surface area contributed by atoms with E-state index in [2.05, 4.69) is 27.7 Å². The molecule has 0 aromatic rings. The lowest BCUT2D eigenvalue weighted by molar-refractivity contribution is -0.232. The number of rotatable bonds is 6. The molecule has 0 bridgehead atoms. The molecule has 174 valence electrons. The van der Waals surface area contributed by atoms with Gasteiger partial charge in [0.25, 0.3) is 5.92 Å². The van der Waals surface area contributed by atoms with Gasteiger partial charge < -0.3 is 5.11 Å². The van der Waals surface area contributed by atoms with Gasteiger partial charge in [0.15, 0.2) is 0 Å². The largest absolute Gasteiger partial charge is 0.396 e. The van der Waals surface area contributed by atoms with Gasteiger partial charge in [0.2, 0.25) is 0 Å². The summed E-state index contributed by atoms with van der Waals surface area (Å²) in [5.74, 6) is -0.548. The minimum absolute atomic E-state index is 0.102. The van der Waals surface area contributed by atoms with E-state index in [0.29, 0.717) is 17.8 Å². The maximum atomic E-state index is 15.7. The Kier molecular flexibility index (Phi) is 6.37. The standard InChI is InChI=1S/C27H46F2O/c1-18(17-30)8-7-9-19(2)21-11-12-22-24-23(13-15-26(21,22)4)25(3)14-6-5-10-20(25)16-27(24,28)29/h18-24,30H,5-17H2,1-4H3/t18?,19-,20?,21-,22+,23+,24+,25+,26-/m1/s1. The number of aliphatic hydroxyl groups is 1. The molecule has 4 rings (SSSR count). The summed E-state index contributed by atoms with van der Waals surface area (Å²) >= 11 is 0. The second-order valence-electron chi connectivity index (χ2n) is 12.6. The molecule has 0 heterocycles. The van der Waals surface area contributed by atoms with Crippen LogP contribution in [-0.2, 0) is 0 Å². The Morgan fingerprint density at radius 2 is 1.63 bits per heavy atom. The van der Waals surface area contributed by atoms with E-state index in [4.69, 9.17) is 0 Å². The molecule has 0 aromatic carbocycles. The van der Waals surface area contributed by atoms with Crippen LogP contribution in [-0.4, -0.2) is 17.6 Å². The Balaban J connectivity index is 1.52. The molecule has 30 heavy (non-hydrogen) atoms. The smallest absolute Gasteiger partial charge is 0.251 e. The molecule has 0 radical (unpaired) electrons. The molecule has 4 saturated carbocycles. The number of fused-ring (bicyclic) bond motifs is 5. The van der Waals surface area contributed by atoms with Gasteiger partial charge in [-0.1, -0.05) is 53.4 Å². The topological polar surface area (TPSA) is 20.2 Å². The monoisotopic (exact) mass is 424 g/mol. The van der Waals surface area contributed by atoms with Gasteiger partial charge in [-0.3, -0.25) is 0 Å². The third kappa shape index (κ3) is 3.67. The summed E-state index contributed by atoms with van der Waals surface area (Å²) in [6.07, 6.45) is 12.6. The Morgan fingerprint density at radius 3 is 2.37 bits per heavy atom. The molecular formula is C27H46F2O. The number of halogens is 2. The van der Waals surface area contributed by atoms with Crippen LogP contribution in [0.25, 0.3) is 0 Å². The third-order valence-electron chi connectivity index (χ3n) is 11.0. The van der Waals surface area contributed by atoms with Gasteiger partial charge in [-0.25, -0.2) is 8.78 Å². The summed E-state index contributed by atoms with van der Waals surface area (Å²) in [7, 11) is 0. The first-order chi connectivity index (χ1) is 14.1. The van der Waals surface area contributed by atoms with Gasteiger partial charge in [0.1, 0.15) is 0 Å². The molecule has 4 fully saturated rings. The first-order valence-corrected chi connectivity index (χ1v) is 13.1. The van der Waals surface area contributed by atoms with Crippen LogP contribution < -0.4 is 0 Å². The summed E-state index contributed by atoms with van der Waals surface area (Å²) < 4.78 is 31.4. The van der Waals surface area contributed by atoms with Crippen LogP contribution in [0.15, 0.2) is 0 Å². The molecule has 9 atom stereocenters. The van der Waals surface area contributed by atoms with Gasteiger partial charge in [0, 0.05) is 18.9 Å². The van der Waals surface area contributed by atoms with Crippen LogP contribution >= 0.6 is 0 Å². The fourth-order valence-electron chi connectivity index (χ4n) is 9.24. The molecule has 1 N–H and O–H groups in total. The minimum atomic E-state index is -2.47. The van der Waals surface area contributed by atoms with E-state index >= 15 is 8.78 Å². The van der Waals surface area contributed by atoms with Crippen molar-refractivity contribution in [2.45, 2.75) is 111 Å². The minimum Gasteiger partial charge on any atom is -0.396 e. The predicted molar refractivity (Wildman–Crippen MR) is 119 cm³/mol. The molecule has 0 aliphatic heterocycles. The molecular weight excluding hydrogens is 378 g/mol. The molecule has 2 unspecified atom stereocenters. The van der Waals surface area contributed by atoms with Crippen molar-refractivity contribution < 1.29 is 13.9 Å². The van der Waals surface area contributed by atoms with E-state index in [9.17, 15) is 5.11 Å². The van der Waals surface area contributed by atoms with E-state index in [-0.39, 0.29) is 47.5 Å². The van der Waals surface area contributed by atoms with Gasteiger partial charge >= 0.3 is 0 Å². The van der Waals surface area contributed by atoms with Crippen molar-refractivity contribution in [2.24, 2.45) is 52.3 Å². The highest BCUT2D eigenvalue weighted by Crippen LogP contribution is 2.71. The molecule has 4 aliphatic carbocycles. The van der Waals surface area contributed by atoms with Gasteiger partial charge in [-0.15, -0.1) is 0 Å². The highest BCUT2D eigenvalue weighted by molar-refractivity contribution is 5.13. The molecule has 1 nitrogen and oxygen atoms in total. The Morgan fingerprint density at radius 1 is 0.900 bits per heavy atom. The molecule has 3 heteroatoms. The van der Waals surface area contributed by atoms with Gasteiger partial charge in [0.05, 0.1) is 0 Å². The zero-order chi connectivity index (χ0) is 21.7. The van der Waals surface area contributed by atoms with Crippen LogP contribution in [0.2, 0.25) is 0 Å². The van der Waals surface area contributed by atoms with Crippen molar-refractivity contribution in [2.75, 3.05) is 6.61 Å². The fourth-order valence-corrected chi connectivity index (χ4v) is 9.24. The number of hydrogen-bond donors (Lipinski definition) is 1. The maximum Gasteiger partial charge on any atom is 0.251 e. The van der Waals surface area contributed by atoms with Crippen molar-refractivity contribution in [3.63, 3.8) is 0 Å². The predicted octanol–water partition coefficient (Wildman–Crippen LogP) is 7.72. The molecule has 0 amide bonds. The fraction of sp³-hybridized carbons (Fsp3) is 1.00. The van der Waals surface area contributed by atoms with E-state index in [1.165, 1.54) is 25.7 Å². The lowest BCUT2D eigenvalue weighted by atomic mass is 9.43. The Labute approximate surface area is 183 Å². The second kappa shape index (κ2) is 8.31. The van der Waals surface area contributed by atoms with Crippen LogP contribution in [0.1, 0.15) is 105 Å². The van der Waals surface area contributed by atoms with Crippen molar-refractivity contribution in [1.29, 1.82) is 0 Å². The van der Waals surface area contributed by atoms with E-state index in [0.717, 1.165) is 44.9 Å². The number of alkyl halides is 2. The molecule has 0 saturated heterocycles. The molecule has 4 aliphatic rings. The van der Waals surface area contributed by atoms with Crippen molar-refractivity contribution >= 4 is 0 Å². The van der Waals surface area contributed by atoms with Crippen LogP contribution in [0.3, 0.4) is 0 Å². The number of aliphatic hydroxyl groups excluding tert-OH is 1. The van der Waals surface area contributed by atoms with Crippen molar-refractivity contribution in [1.82, 2.24) is 0 Å². The van der Waals surface area contributed by atoms with E-state index < -0.39 is 5.92 Å². The molecule has 0 aromatic heterocycles. The van der Waals surface area contributed by atoms with Gasteiger partial charge in [-0.05, 0) is 91.3 Å². The lowest BCUT2D eigenvalue weighted by Crippen LogP contribution is -2.60. The summed E-state index contributed by atoms with van der Waals surface area (Å²) in [6.45, 7) is 9.55. The summed E-state index contributed by atoms with van der Waals surface area (Å²) in [6, 6.07) is 0. The Hall–Kier alpha value is -0.180. The lowest BCUT2D eigenvalue weighted by Gasteiger charge is -2.62. The van der Waals surface area contributed by atoms with Crippen LogP contribution in [0.5, 0.6) is 0 Å². The van der Waals surface area contributed by atoms with Gasteiger partial charge in [-0.2, -0.15) is 0 Å². The highest BCUT2D eigenvalue weighted by Gasteiger charge is 2.67. The van der Waals surface area contributed by atoms with E-state index in [1.54, 1.807) is 0 Å². The maximum absolute atomic E-state index is 15.7. The van der Waals surface area contributed by atoms with Crippen LogP contribution in [0, 0.1) is 52.3 Å². The summed E-state index contributed by atoms with van der Waals surface area (Å²) in [5.41, 5.74) is 0.264. The quantitative estimate of drug-likeness (QED) is 0.463. The number of hydrogen-bond acceptors (Lipinski definition) is 1. The SMILES string of the molecule is CC(CO)CCC[C@@H](C)[C@H]1CC[C@H]2[C@H]3[C@H](CC[C@]12C)[C@@]1(C)CCCCC1CC3(F)F. The van der Waals surface area contributed by atoms with E-state index in [1.807, 2.05) is 0 Å². The third-order valence-corrected chi connectivity index (χ3v) is 11.0. The molecule has 0 spiro atoms. The first-order valence-electron chi connectivity index (χ1n) is 13.1. The summed E-state index contributed by atoms with van der Waals surface area (Å²) in [4.78, 5) is 0. The average molecular weight is 425 g/mol. The highest BCUT2D eigenvalue weighted by atomic mass is 19.3. The van der Waals surface area contributed by atoms with Crippen molar-refractivity contribution in [3.05, 3.63) is 0 Å². The zero-order valence-corrected chi connectivity index (χ0v) is 19.9. The summed E-state index contributed by atoms with van der Waals surface area (Å²) in [5, 5.41) is 9.30. The average Bonchev–Trinajstić information content (AvgIpc) is 3.05. The van der Waals surface area contributed by atoms with Crippen LogP contribution in [0.4, 0.5) is 8.78 Å². The zero-order valence-electron chi connectivity index (χ0n) is 19.9. The normalized spacial score (nSPS) is 47.1. The van der Waals surface area contributed by atoms with Crippen molar-refractivity contribution in [3.8, 4) is 0 Å². The Bertz CT molecular complexity index is 606. The second-order valence-corrected chi connectivity index (χ2v) is 12.6. The first kappa shape index (κ1) is 23.0.